The van der Waals surface area contributed by atoms with Crippen molar-refractivity contribution in [3.63, 3.8) is 0 Å². The number of benzene rings is 1. The van der Waals surface area contributed by atoms with Crippen molar-refractivity contribution >= 4 is 39.2 Å². The minimum Gasteiger partial charge on any atom is -0.455 e. The first kappa shape index (κ1) is 15.6. The summed E-state index contributed by atoms with van der Waals surface area (Å²) >= 11 is 9.71. The summed E-state index contributed by atoms with van der Waals surface area (Å²) in [4.78, 5) is 13.0. The van der Waals surface area contributed by atoms with Crippen molar-refractivity contribution in [3.05, 3.63) is 75.2 Å². The van der Waals surface area contributed by atoms with Crippen LogP contribution in [0.2, 0.25) is 5.15 Å². The Kier molecular flexibility index (Phi) is 3.26. The number of nitrogens with two attached hydrogens (primary N) is 1. The molecule has 1 unspecified atom stereocenters. The number of rotatable bonds is 0. The van der Waals surface area contributed by atoms with Gasteiger partial charge in [0, 0.05) is 10.7 Å². The molecule has 0 bridgehead atoms. The van der Waals surface area contributed by atoms with Crippen LogP contribution >= 0.6 is 27.5 Å². The van der Waals surface area contributed by atoms with E-state index in [0.717, 1.165) is 10.0 Å². The average Bonchev–Trinajstić information content (AvgIpc) is 2.63. The summed E-state index contributed by atoms with van der Waals surface area (Å²) in [6.45, 7) is 0. The molecule has 1 atom stereocenters. The topological polar surface area (TPSA) is 82.6 Å². The summed E-state index contributed by atoms with van der Waals surface area (Å²) in [5.41, 5.74) is 7.56. The highest BCUT2D eigenvalue weighted by molar-refractivity contribution is 9.10. The number of hydrogen-bond acceptors (Lipinski definition) is 6. The van der Waals surface area contributed by atoms with Crippen LogP contribution in [0.1, 0.15) is 16.8 Å². The van der Waals surface area contributed by atoms with E-state index in [1.807, 2.05) is 24.3 Å². The van der Waals surface area contributed by atoms with E-state index in [1.54, 1.807) is 24.5 Å². The molecule has 0 aliphatic carbocycles. The van der Waals surface area contributed by atoms with Gasteiger partial charge in [-0.2, -0.15) is 4.99 Å². The molecule has 2 N–H and O–H groups in total. The number of amidine groups is 1. The SMILES string of the molecule is NC1=Nc2cccnc2C2(O1)c1cc(Br)ccc1Oc1cnc(Cl)cc12. The van der Waals surface area contributed by atoms with Gasteiger partial charge in [-0.15, -0.1) is 0 Å². The van der Waals surface area contributed by atoms with E-state index in [2.05, 4.69) is 30.9 Å². The average molecular weight is 430 g/mol. The fraction of sp³-hybridized carbons (Fsp3) is 0.0556. The first-order valence-electron chi connectivity index (χ1n) is 7.70. The molecule has 26 heavy (non-hydrogen) atoms. The third kappa shape index (κ3) is 2.07. The van der Waals surface area contributed by atoms with Gasteiger partial charge >= 0.3 is 0 Å². The van der Waals surface area contributed by atoms with E-state index in [-0.39, 0.29) is 6.02 Å². The number of fused-ring (bicyclic) bond motifs is 6. The summed E-state index contributed by atoms with van der Waals surface area (Å²) in [7, 11) is 0. The van der Waals surface area contributed by atoms with Gasteiger partial charge in [-0.25, -0.2) is 4.98 Å². The summed E-state index contributed by atoms with van der Waals surface area (Å²) in [6, 6.07) is 11.1. The predicted molar refractivity (Wildman–Crippen MR) is 99.9 cm³/mol. The van der Waals surface area contributed by atoms with Crippen LogP contribution in [0.15, 0.2) is 58.3 Å². The summed E-state index contributed by atoms with van der Waals surface area (Å²) in [5, 5.41) is 0.312. The predicted octanol–water partition coefficient (Wildman–Crippen LogP) is 4.27. The Labute approximate surface area is 161 Å². The Hall–Kier alpha value is -2.64. The lowest BCUT2D eigenvalue weighted by Gasteiger charge is -2.41. The maximum atomic E-state index is 6.19. The fourth-order valence-corrected chi connectivity index (χ4v) is 3.89. The third-order valence-corrected chi connectivity index (χ3v) is 5.06. The molecule has 2 aliphatic heterocycles. The van der Waals surface area contributed by atoms with Crippen LogP contribution in [0.25, 0.3) is 0 Å². The Morgan fingerprint density at radius 1 is 1.08 bits per heavy atom. The number of hydrogen-bond donors (Lipinski definition) is 1. The molecular formula is C18H10BrClN4O2. The second-order valence-corrected chi connectivity index (χ2v) is 7.15. The van der Waals surface area contributed by atoms with Gasteiger partial charge in [0.25, 0.3) is 6.02 Å². The number of halogens is 2. The van der Waals surface area contributed by atoms with Crippen LogP contribution in [0.4, 0.5) is 5.69 Å². The quantitative estimate of drug-likeness (QED) is 0.540. The standard InChI is InChI=1S/C18H10BrClN4O2/c19-9-3-4-13-10(6-9)18(11-7-15(20)23-8-14(11)25-13)16-12(2-1-5-22-16)24-17(21)26-18/h1-8H,(H2,21,24). The molecule has 2 aliphatic rings. The van der Waals surface area contributed by atoms with Gasteiger partial charge in [0.05, 0.1) is 23.0 Å². The maximum absolute atomic E-state index is 6.19. The molecule has 128 valence electrons. The lowest BCUT2D eigenvalue weighted by Crippen LogP contribution is -2.42. The van der Waals surface area contributed by atoms with Crippen LogP contribution in [-0.2, 0) is 10.3 Å². The van der Waals surface area contributed by atoms with E-state index in [9.17, 15) is 0 Å². The normalized spacial score (nSPS) is 19.5. The van der Waals surface area contributed by atoms with Crippen molar-refractivity contribution < 1.29 is 9.47 Å². The minimum atomic E-state index is -1.14. The Balaban J connectivity index is 1.94. The van der Waals surface area contributed by atoms with Gasteiger partial charge in [-0.1, -0.05) is 27.5 Å². The van der Waals surface area contributed by atoms with Gasteiger partial charge in [0.15, 0.2) is 5.75 Å². The molecule has 0 saturated heterocycles. The van der Waals surface area contributed by atoms with E-state index < -0.39 is 5.60 Å². The zero-order chi connectivity index (χ0) is 17.9. The maximum Gasteiger partial charge on any atom is 0.288 e. The molecule has 3 aromatic rings. The number of ether oxygens (including phenoxy) is 2. The molecule has 1 aromatic carbocycles. The molecule has 0 radical (unpaired) electrons. The molecule has 1 spiro atoms. The number of nitrogens with zero attached hydrogens (tertiary/aromatic N) is 3. The van der Waals surface area contributed by atoms with Crippen LogP contribution in [-0.4, -0.2) is 16.0 Å². The smallest absolute Gasteiger partial charge is 0.288 e. The van der Waals surface area contributed by atoms with E-state index in [1.165, 1.54) is 0 Å². The van der Waals surface area contributed by atoms with Gasteiger partial charge in [0.1, 0.15) is 16.6 Å². The first-order valence-corrected chi connectivity index (χ1v) is 8.87. The highest BCUT2D eigenvalue weighted by atomic mass is 79.9. The Morgan fingerprint density at radius 2 is 1.92 bits per heavy atom. The molecule has 0 amide bonds. The molecule has 0 fully saturated rings. The summed E-state index contributed by atoms with van der Waals surface area (Å²) in [5.74, 6) is 1.15. The van der Waals surface area contributed by atoms with Crippen molar-refractivity contribution in [1.29, 1.82) is 0 Å². The largest absolute Gasteiger partial charge is 0.455 e. The van der Waals surface area contributed by atoms with Crippen molar-refractivity contribution in [2.75, 3.05) is 0 Å². The van der Waals surface area contributed by atoms with Crippen molar-refractivity contribution in [2.45, 2.75) is 5.60 Å². The van der Waals surface area contributed by atoms with Crippen LogP contribution in [0.3, 0.4) is 0 Å². The molecule has 5 rings (SSSR count). The lowest BCUT2D eigenvalue weighted by molar-refractivity contribution is 0.115. The Bertz CT molecular complexity index is 1050. The molecule has 8 heteroatoms. The van der Waals surface area contributed by atoms with Crippen LogP contribution < -0.4 is 10.5 Å². The Morgan fingerprint density at radius 3 is 2.81 bits per heavy atom. The van der Waals surface area contributed by atoms with Gasteiger partial charge in [0.2, 0.25) is 5.60 Å². The van der Waals surface area contributed by atoms with E-state index in [4.69, 9.17) is 26.8 Å². The van der Waals surface area contributed by atoms with Crippen molar-refractivity contribution in [2.24, 2.45) is 10.7 Å². The molecular weight excluding hydrogens is 420 g/mol. The van der Waals surface area contributed by atoms with Crippen LogP contribution in [0.5, 0.6) is 11.5 Å². The van der Waals surface area contributed by atoms with Crippen LogP contribution in [0, 0.1) is 0 Å². The zero-order valence-electron chi connectivity index (χ0n) is 13.1. The number of aromatic nitrogens is 2. The zero-order valence-corrected chi connectivity index (χ0v) is 15.5. The van der Waals surface area contributed by atoms with E-state index >= 15 is 0 Å². The van der Waals surface area contributed by atoms with Gasteiger partial charge < -0.3 is 15.2 Å². The summed E-state index contributed by atoms with van der Waals surface area (Å²) < 4.78 is 13.1. The fourth-order valence-electron chi connectivity index (χ4n) is 3.37. The molecule has 6 nitrogen and oxygen atoms in total. The second-order valence-electron chi connectivity index (χ2n) is 5.85. The lowest BCUT2D eigenvalue weighted by atomic mass is 9.79. The number of aliphatic imine (C=N–C) groups is 1. The molecule has 2 aromatic heterocycles. The van der Waals surface area contributed by atoms with Gasteiger partial charge in [-0.3, -0.25) is 4.98 Å². The number of pyridine rings is 2. The van der Waals surface area contributed by atoms with Gasteiger partial charge in [-0.05, 0) is 36.4 Å². The molecule has 0 saturated carbocycles. The monoisotopic (exact) mass is 428 g/mol. The minimum absolute atomic E-state index is 0.0391. The van der Waals surface area contributed by atoms with Crippen molar-refractivity contribution in [1.82, 2.24) is 9.97 Å². The highest BCUT2D eigenvalue weighted by Gasteiger charge is 2.51. The summed E-state index contributed by atoms with van der Waals surface area (Å²) in [6.07, 6.45) is 3.26. The van der Waals surface area contributed by atoms with E-state index in [0.29, 0.717) is 33.6 Å². The van der Waals surface area contributed by atoms with Crippen molar-refractivity contribution in [3.8, 4) is 11.5 Å². The first-order chi connectivity index (χ1) is 12.6. The molecule has 4 heterocycles. The second kappa shape index (κ2) is 5.43. The highest BCUT2D eigenvalue weighted by Crippen LogP contribution is 2.55. The third-order valence-electron chi connectivity index (χ3n) is 4.36.